The summed E-state index contributed by atoms with van der Waals surface area (Å²) in [5.41, 5.74) is 2.95. The molecule has 18 heavy (non-hydrogen) atoms. The lowest BCUT2D eigenvalue weighted by Crippen LogP contribution is -2.46. The number of likely N-dealkylation sites (N-methyl/N-ethyl adjacent to an activating group) is 1. The second kappa shape index (κ2) is 5.63. The zero-order valence-corrected chi connectivity index (χ0v) is 11.4. The van der Waals surface area contributed by atoms with Gasteiger partial charge in [0.25, 0.3) is 0 Å². The molecule has 0 radical (unpaired) electrons. The summed E-state index contributed by atoms with van der Waals surface area (Å²) in [6.07, 6.45) is -0.306. The number of ketones is 1. The molecule has 0 spiro atoms. The lowest BCUT2D eigenvalue weighted by atomic mass is 9.98. The monoisotopic (exact) mass is 247 g/mol. The van der Waals surface area contributed by atoms with Crippen LogP contribution in [0.15, 0.2) is 18.2 Å². The van der Waals surface area contributed by atoms with Crippen LogP contribution in [0.1, 0.15) is 28.4 Å². The van der Waals surface area contributed by atoms with Gasteiger partial charge in [0.2, 0.25) is 0 Å². The highest BCUT2D eigenvalue weighted by molar-refractivity contribution is 6.01. The van der Waals surface area contributed by atoms with Crippen LogP contribution in [0.4, 0.5) is 0 Å². The van der Waals surface area contributed by atoms with Gasteiger partial charge in [0, 0.05) is 18.7 Å². The number of rotatable bonds is 3. The Kier molecular flexibility index (Phi) is 4.15. The molecule has 0 bridgehead atoms. The van der Waals surface area contributed by atoms with Crippen LogP contribution in [-0.2, 0) is 4.74 Å². The molecule has 1 aromatic rings. The normalized spacial score (nSPS) is 20.9. The second-order valence-corrected chi connectivity index (χ2v) is 4.94. The molecule has 1 saturated heterocycles. The van der Waals surface area contributed by atoms with E-state index in [1.807, 2.05) is 32.0 Å². The average Bonchev–Trinajstić information content (AvgIpc) is 2.41. The van der Waals surface area contributed by atoms with Crippen LogP contribution < -0.4 is 0 Å². The topological polar surface area (TPSA) is 29.5 Å². The van der Waals surface area contributed by atoms with Crippen molar-refractivity contribution in [2.75, 3.05) is 26.2 Å². The molecule has 0 N–H and O–H groups in total. The third-order valence-corrected chi connectivity index (χ3v) is 3.55. The Morgan fingerprint density at radius 1 is 1.44 bits per heavy atom. The number of benzene rings is 1. The molecule has 1 aromatic carbocycles. The molecular weight excluding hydrogens is 226 g/mol. The van der Waals surface area contributed by atoms with Crippen LogP contribution in [0.5, 0.6) is 0 Å². The van der Waals surface area contributed by atoms with Gasteiger partial charge in [-0.15, -0.1) is 0 Å². The maximum absolute atomic E-state index is 12.5. The maximum atomic E-state index is 12.5. The van der Waals surface area contributed by atoms with Crippen molar-refractivity contribution in [1.82, 2.24) is 4.90 Å². The molecular formula is C15H21NO2. The van der Waals surface area contributed by atoms with E-state index >= 15 is 0 Å². The summed E-state index contributed by atoms with van der Waals surface area (Å²) in [5.74, 6) is 0.120. The highest BCUT2D eigenvalue weighted by Crippen LogP contribution is 2.16. The van der Waals surface area contributed by atoms with E-state index in [0.29, 0.717) is 13.2 Å². The molecule has 0 saturated carbocycles. The number of hydrogen-bond donors (Lipinski definition) is 0. The summed E-state index contributed by atoms with van der Waals surface area (Å²) < 4.78 is 5.63. The first-order valence-electron chi connectivity index (χ1n) is 6.57. The lowest BCUT2D eigenvalue weighted by molar-refractivity contribution is -0.0149. The zero-order chi connectivity index (χ0) is 13.1. The fourth-order valence-electron chi connectivity index (χ4n) is 2.32. The van der Waals surface area contributed by atoms with Crippen LogP contribution in [-0.4, -0.2) is 43.0 Å². The van der Waals surface area contributed by atoms with Crippen molar-refractivity contribution in [1.29, 1.82) is 0 Å². The number of carbonyl (C=O) groups excluding carboxylic acids is 1. The molecule has 2 rings (SSSR count). The summed E-state index contributed by atoms with van der Waals surface area (Å²) in [4.78, 5) is 14.7. The number of hydrogen-bond acceptors (Lipinski definition) is 3. The molecule has 1 atom stereocenters. The molecule has 1 fully saturated rings. The molecule has 1 aliphatic heterocycles. The largest absolute Gasteiger partial charge is 0.367 e. The van der Waals surface area contributed by atoms with Gasteiger partial charge < -0.3 is 4.74 Å². The van der Waals surface area contributed by atoms with Gasteiger partial charge in [0.05, 0.1) is 6.61 Å². The van der Waals surface area contributed by atoms with Gasteiger partial charge in [0.15, 0.2) is 5.78 Å². The molecule has 3 nitrogen and oxygen atoms in total. The number of Topliss-reactive ketones (excluding diaryl/α,β-unsaturated/α-hetero) is 1. The number of carbonyl (C=O) groups is 1. The van der Waals surface area contributed by atoms with Crippen molar-refractivity contribution in [2.24, 2.45) is 0 Å². The van der Waals surface area contributed by atoms with Gasteiger partial charge in [-0.1, -0.05) is 24.6 Å². The van der Waals surface area contributed by atoms with Gasteiger partial charge >= 0.3 is 0 Å². The fourth-order valence-corrected chi connectivity index (χ4v) is 2.32. The van der Waals surface area contributed by atoms with Crippen molar-refractivity contribution < 1.29 is 9.53 Å². The summed E-state index contributed by atoms with van der Waals surface area (Å²) in [6.45, 7) is 9.36. The van der Waals surface area contributed by atoms with Gasteiger partial charge in [-0.05, 0) is 32.0 Å². The van der Waals surface area contributed by atoms with Crippen LogP contribution in [0.25, 0.3) is 0 Å². The average molecular weight is 247 g/mol. The minimum Gasteiger partial charge on any atom is -0.367 e. The van der Waals surface area contributed by atoms with Crippen molar-refractivity contribution >= 4 is 5.78 Å². The van der Waals surface area contributed by atoms with E-state index < -0.39 is 0 Å². The number of morpholine rings is 1. The Balaban J connectivity index is 2.17. The smallest absolute Gasteiger partial charge is 0.193 e. The first-order valence-corrected chi connectivity index (χ1v) is 6.57. The first-order chi connectivity index (χ1) is 8.61. The summed E-state index contributed by atoms with van der Waals surface area (Å²) in [6, 6.07) is 6.00. The van der Waals surface area contributed by atoms with Crippen LogP contribution in [0.3, 0.4) is 0 Å². The van der Waals surface area contributed by atoms with Crippen LogP contribution >= 0.6 is 0 Å². The molecule has 1 heterocycles. The Hall–Kier alpha value is -1.19. The summed E-state index contributed by atoms with van der Waals surface area (Å²) >= 11 is 0. The minimum absolute atomic E-state index is 0.120. The molecule has 1 aliphatic rings. The van der Waals surface area contributed by atoms with Gasteiger partial charge in [-0.3, -0.25) is 9.69 Å². The van der Waals surface area contributed by atoms with Crippen molar-refractivity contribution in [2.45, 2.75) is 26.9 Å². The third-order valence-electron chi connectivity index (χ3n) is 3.55. The van der Waals surface area contributed by atoms with Gasteiger partial charge in [0.1, 0.15) is 6.10 Å². The number of ether oxygens (including phenoxy) is 1. The molecule has 1 unspecified atom stereocenters. The minimum atomic E-state index is -0.306. The van der Waals surface area contributed by atoms with E-state index in [9.17, 15) is 4.79 Å². The fraction of sp³-hybridized carbons (Fsp3) is 0.533. The van der Waals surface area contributed by atoms with E-state index in [0.717, 1.165) is 29.8 Å². The molecule has 98 valence electrons. The third kappa shape index (κ3) is 2.79. The van der Waals surface area contributed by atoms with E-state index in [4.69, 9.17) is 4.74 Å². The van der Waals surface area contributed by atoms with Crippen LogP contribution in [0.2, 0.25) is 0 Å². The van der Waals surface area contributed by atoms with Crippen molar-refractivity contribution in [3.05, 3.63) is 34.9 Å². The Morgan fingerprint density at radius 3 is 2.94 bits per heavy atom. The number of nitrogens with zero attached hydrogens (tertiary/aromatic N) is 1. The first kappa shape index (κ1) is 13.2. The molecule has 0 aliphatic carbocycles. The van der Waals surface area contributed by atoms with Crippen molar-refractivity contribution in [3.63, 3.8) is 0 Å². The predicted molar refractivity (Wildman–Crippen MR) is 72.1 cm³/mol. The van der Waals surface area contributed by atoms with E-state index in [2.05, 4.69) is 11.8 Å². The SMILES string of the molecule is CCN1CCOC(C(=O)c2cc(C)ccc2C)C1. The summed E-state index contributed by atoms with van der Waals surface area (Å²) in [7, 11) is 0. The molecule has 3 heteroatoms. The quantitative estimate of drug-likeness (QED) is 0.767. The highest BCUT2D eigenvalue weighted by atomic mass is 16.5. The maximum Gasteiger partial charge on any atom is 0.193 e. The Morgan fingerprint density at radius 2 is 2.22 bits per heavy atom. The lowest BCUT2D eigenvalue weighted by Gasteiger charge is -2.31. The van der Waals surface area contributed by atoms with E-state index in [1.165, 1.54) is 0 Å². The second-order valence-electron chi connectivity index (χ2n) is 4.94. The van der Waals surface area contributed by atoms with Gasteiger partial charge in [-0.2, -0.15) is 0 Å². The standard InChI is InChI=1S/C15H21NO2/c1-4-16-7-8-18-14(10-16)15(17)13-9-11(2)5-6-12(13)3/h5-6,9,14H,4,7-8,10H2,1-3H3. The van der Waals surface area contributed by atoms with Crippen molar-refractivity contribution in [3.8, 4) is 0 Å². The zero-order valence-electron chi connectivity index (χ0n) is 11.4. The highest BCUT2D eigenvalue weighted by Gasteiger charge is 2.27. The molecule has 0 amide bonds. The summed E-state index contributed by atoms with van der Waals surface area (Å²) in [5, 5.41) is 0. The Bertz CT molecular complexity index is 442. The van der Waals surface area contributed by atoms with E-state index in [-0.39, 0.29) is 11.9 Å². The van der Waals surface area contributed by atoms with Crippen LogP contribution in [0, 0.1) is 13.8 Å². The van der Waals surface area contributed by atoms with E-state index in [1.54, 1.807) is 0 Å². The number of aryl methyl sites for hydroxylation is 2. The molecule has 0 aromatic heterocycles. The Labute approximate surface area is 109 Å². The predicted octanol–water partition coefficient (Wildman–Crippen LogP) is 2.21. The van der Waals surface area contributed by atoms with Gasteiger partial charge in [-0.25, -0.2) is 0 Å².